The third kappa shape index (κ3) is 4.27. The van der Waals surface area contributed by atoms with Crippen molar-refractivity contribution < 1.29 is 61.2 Å². The molecular weight excluding hydrogens is 199 g/mol. The summed E-state index contributed by atoms with van der Waals surface area (Å²) in [7, 11) is 0. The molecule has 0 heterocycles. The summed E-state index contributed by atoms with van der Waals surface area (Å²) in [6.45, 7) is 2.29. The number of hydrogen-bond donors (Lipinski definition) is 0. The zero-order valence-electron chi connectivity index (χ0n) is 8.32. The molecular formula is C8H11KO2S. The minimum Gasteiger partial charge on any atom is -1.00 e. The molecule has 0 N–H and O–H groups in total. The van der Waals surface area contributed by atoms with E-state index in [0.717, 1.165) is 0 Å². The summed E-state index contributed by atoms with van der Waals surface area (Å²) in [5, 5.41) is 0. The zero-order valence-corrected chi connectivity index (χ0v) is 11.3. The molecule has 1 atom stereocenters. The quantitative estimate of drug-likeness (QED) is 0.590. The Morgan fingerprint density at radius 1 is 1.42 bits per heavy atom. The van der Waals surface area contributed by atoms with E-state index in [9.17, 15) is 4.21 Å². The summed E-state index contributed by atoms with van der Waals surface area (Å²) in [5.41, 5.74) is 0. The Bertz CT molecular complexity index is 243. The van der Waals surface area contributed by atoms with Crippen LogP contribution in [0.1, 0.15) is 8.35 Å². The van der Waals surface area contributed by atoms with Gasteiger partial charge in [0.05, 0.1) is 11.5 Å². The Balaban J connectivity index is 0. The van der Waals surface area contributed by atoms with E-state index in [1.807, 2.05) is 25.1 Å². The summed E-state index contributed by atoms with van der Waals surface area (Å²) in [5.74, 6) is 0. The van der Waals surface area contributed by atoms with Crippen LogP contribution in [0.4, 0.5) is 0 Å². The Morgan fingerprint density at radius 3 is 2.50 bits per heavy atom. The molecule has 0 aliphatic carbocycles. The Hall–Kier alpha value is 0.966. The second-order valence-corrected chi connectivity index (χ2v) is 3.13. The van der Waals surface area contributed by atoms with Gasteiger partial charge in [-0.1, -0.05) is 18.2 Å². The molecule has 0 aliphatic heterocycles. The van der Waals surface area contributed by atoms with E-state index in [0.29, 0.717) is 11.5 Å². The molecule has 0 spiro atoms. The molecule has 0 amide bonds. The van der Waals surface area contributed by atoms with Crippen molar-refractivity contribution in [3.63, 3.8) is 0 Å². The minimum atomic E-state index is -1.28. The molecule has 62 valence electrons. The van der Waals surface area contributed by atoms with Gasteiger partial charge in [0.2, 0.25) is 0 Å². The number of rotatable bonds is 3. The largest absolute Gasteiger partial charge is 1.00 e. The van der Waals surface area contributed by atoms with Gasteiger partial charge in [0, 0.05) is 0 Å². The van der Waals surface area contributed by atoms with Crippen molar-refractivity contribution in [3.8, 4) is 0 Å². The molecule has 0 fully saturated rings. The first-order valence-electron chi connectivity index (χ1n) is 3.44. The summed E-state index contributed by atoms with van der Waals surface area (Å²) < 4.78 is 16.0. The van der Waals surface area contributed by atoms with Crippen LogP contribution in [0.2, 0.25) is 0 Å². The summed E-state index contributed by atoms with van der Waals surface area (Å²) in [4.78, 5) is 0.717. The van der Waals surface area contributed by atoms with Crippen LogP contribution in [0.5, 0.6) is 0 Å². The first kappa shape index (κ1) is 13.0. The molecule has 0 radical (unpaired) electrons. The predicted molar refractivity (Wildman–Crippen MR) is 45.6 cm³/mol. The second-order valence-electron chi connectivity index (χ2n) is 1.95. The summed E-state index contributed by atoms with van der Waals surface area (Å²) >= 11 is -1.28. The zero-order chi connectivity index (χ0) is 8.10. The molecule has 1 aromatic rings. The average Bonchev–Trinajstić information content (AvgIpc) is 2.07. The molecule has 0 saturated heterocycles. The monoisotopic (exact) mass is 210 g/mol. The maximum atomic E-state index is 11.1. The van der Waals surface area contributed by atoms with E-state index in [-0.39, 0.29) is 52.8 Å². The van der Waals surface area contributed by atoms with Crippen LogP contribution in [0.25, 0.3) is 0 Å². The Kier molecular flexibility index (Phi) is 7.97. The van der Waals surface area contributed by atoms with Crippen LogP contribution >= 0.6 is 0 Å². The van der Waals surface area contributed by atoms with E-state index >= 15 is 0 Å². The van der Waals surface area contributed by atoms with E-state index in [2.05, 4.69) is 0 Å². The fourth-order valence-electron chi connectivity index (χ4n) is 0.707. The van der Waals surface area contributed by atoms with Crippen molar-refractivity contribution in [1.29, 1.82) is 0 Å². The average molecular weight is 210 g/mol. The minimum absolute atomic E-state index is 0. The molecule has 1 unspecified atom stereocenters. The molecule has 4 heteroatoms. The SMILES string of the molecule is CCOS(=O)c1ccccc1.[H-].[K+]. The predicted octanol–water partition coefficient (Wildman–Crippen LogP) is -1.14. The molecule has 1 aromatic carbocycles. The first-order valence-corrected chi connectivity index (χ1v) is 4.52. The fourth-order valence-corrected chi connectivity index (χ4v) is 1.44. The second kappa shape index (κ2) is 7.38. The third-order valence-corrected chi connectivity index (χ3v) is 2.27. The van der Waals surface area contributed by atoms with Gasteiger partial charge < -0.3 is 1.43 Å². The van der Waals surface area contributed by atoms with E-state index < -0.39 is 11.1 Å². The summed E-state index contributed by atoms with van der Waals surface area (Å²) in [6, 6.07) is 9.13. The first-order chi connectivity index (χ1) is 5.34. The molecule has 12 heavy (non-hydrogen) atoms. The fraction of sp³-hybridized carbons (Fsp3) is 0.250. The van der Waals surface area contributed by atoms with Gasteiger partial charge in [-0.2, -0.15) is 0 Å². The molecule has 0 saturated carbocycles. The Labute approximate surface area is 119 Å². The van der Waals surface area contributed by atoms with Gasteiger partial charge in [-0.05, 0) is 19.1 Å². The maximum absolute atomic E-state index is 11.1. The van der Waals surface area contributed by atoms with Gasteiger partial charge >= 0.3 is 51.4 Å². The van der Waals surface area contributed by atoms with Crippen LogP contribution < -0.4 is 51.4 Å². The topological polar surface area (TPSA) is 26.3 Å². The summed E-state index contributed by atoms with van der Waals surface area (Å²) in [6.07, 6.45) is 0. The maximum Gasteiger partial charge on any atom is 1.00 e. The van der Waals surface area contributed by atoms with Gasteiger partial charge in [0.15, 0.2) is 11.1 Å². The normalized spacial score (nSPS) is 11.8. The van der Waals surface area contributed by atoms with Crippen molar-refractivity contribution in [2.45, 2.75) is 11.8 Å². The van der Waals surface area contributed by atoms with Crippen molar-refractivity contribution in [2.24, 2.45) is 0 Å². The smallest absolute Gasteiger partial charge is 1.00 e. The van der Waals surface area contributed by atoms with Gasteiger partial charge in [-0.25, -0.2) is 4.21 Å². The van der Waals surface area contributed by atoms with Crippen molar-refractivity contribution >= 4 is 11.1 Å². The van der Waals surface area contributed by atoms with Gasteiger partial charge in [-0.3, -0.25) is 4.18 Å². The van der Waals surface area contributed by atoms with E-state index in [1.165, 1.54) is 0 Å². The van der Waals surface area contributed by atoms with Gasteiger partial charge in [0.1, 0.15) is 0 Å². The molecule has 0 aliphatic rings. The van der Waals surface area contributed by atoms with Crippen LogP contribution in [-0.2, 0) is 15.3 Å². The molecule has 2 nitrogen and oxygen atoms in total. The Morgan fingerprint density at radius 2 is 2.00 bits per heavy atom. The van der Waals surface area contributed by atoms with Gasteiger partial charge in [-0.15, -0.1) is 0 Å². The molecule has 0 bridgehead atoms. The van der Waals surface area contributed by atoms with Crippen molar-refractivity contribution in [1.82, 2.24) is 0 Å². The number of hydrogen-bond acceptors (Lipinski definition) is 2. The molecule has 0 aromatic heterocycles. The van der Waals surface area contributed by atoms with Crippen molar-refractivity contribution in [3.05, 3.63) is 30.3 Å². The number of benzene rings is 1. The van der Waals surface area contributed by atoms with Crippen LogP contribution in [-0.4, -0.2) is 10.8 Å². The van der Waals surface area contributed by atoms with Crippen molar-refractivity contribution in [2.75, 3.05) is 6.61 Å². The van der Waals surface area contributed by atoms with Crippen LogP contribution in [0.3, 0.4) is 0 Å². The van der Waals surface area contributed by atoms with Gasteiger partial charge in [0.25, 0.3) is 0 Å². The molecule has 1 rings (SSSR count). The third-order valence-electron chi connectivity index (χ3n) is 1.16. The van der Waals surface area contributed by atoms with Crippen LogP contribution in [0.15, 0.2) is 35.2 Å². The van der Waals surface area contributed by atoms with E-state index in [1.54, 1.807) is 12.1 Å². The van der Waals surface area contributed by atoms with Crippen LogP contribution in [0, 0.1) is 0 Å². The van der Waals surface area contributed by atoms with E-state index in [4.69, 9.17) is 4.18 Å². The standard InChI is InChI=1S/C8H10O2S.K.H/c1-2-10-11(9)8-6-4-3-5-7-8;;/h3-7H,2H2,1H3;;/q;+1;-1.